The molecule has 2 rings (SSSR count). The van der Waals surface area contributed by atoms with Gasteiger partial charge in [-0.2, -0.15) is 0 Å². The van der Waals surface area contributed by atoms with E-state index >= 15 is 0 Å². The summed E-state index contributed by atoms with van der Waals surface area (Å²) in [4.78, 5) is 23.0. The first-order valence-corrected chi connectivity index (χ1v) is 9.13. The van der Waals surface area contributed by atoms with E-state index in [1.807, 2.05) is 0 Å². The molecule has 0 aliphatic carbocycles. The molecule has 1 amide bonds. The molecule has 2 unspecified atom stereocenters. The molecule has 7 nitrogen and oxygen atoms in total. The number of hydrogen-bond acceptors (Lipinski definition) is 6. The molecule has 2 aromatic carbocycles. The van der Waals surface area contributed by atoms with Gasteiger partial charge in [0.25, 0.3) is 0 Å². The Bertz CT molecular complexity index is 810. The van der Waals surface area contributed by atoms with Crippen LogP contribution in [0.2, 0.25) is 0 Å². The van der Waals surface area contributed by atoms with Crippen molar-refractivity contribution in [2.24, 2.45) is 0 Å². The van der Waals surface area contributed by atoms with Gasteiger partial charge in [0, 0.05) is 6.92 Å². The first-order valence-electron chi connectivity index (χ1n) is 10.3. The van der Waals surface area contributed by atoms with Crippen molar-refractivity contribution in [3.05, 3.63) is 71.8 Å². The van der Waals surface area contributed by atoms with Crippen LogP contribution in [0.25, 0.3) is 0 Å². The van der Waals surface area contributed by atoms with Crippen molar-refractivity contribution in [1.29, 1.82) is 0 Å². The fourth-order valence-electron chi connectivity index (χ4n) is 2.59. The second kappa shape index (κ2) is 12.1. The highest BCUT2D eigenvalue weighted by molar-refractivity contribution is 5.77. The lowest BCUT2D eigenvalue weighted by atomic mass is 10.0. The molecule has 0 fully saturated rings. The average molecular weight is 403 g/mol. The van der Waals surface area contributed by atoms with Crippen LogP contribution in [0.15, 0.2) is 60.7 Å². The zero-order valence-corrected chi connectivity index (χ0v) is 16.0. The summed E-state index contributed by atoms with van der Waals surface area (Å²) in [6.45, 7) is -1.60. The van der Waals surface area contributed by atoms with Crippen molar-refractivity contribution in [3.8, 4) is 0 Å². The van der Waals surface area contributed by atoms with Gasteiger partial charge in [0.1, 0.15) is 30.6 Å². The van der Waals surface area contributed by atoms with E-state index in [2.05, 4.69) is 5.32 Å². The number of benzene rings is 2. The number of aliphatic hydroxyl groups is 2. The maximum Gasteiger partial charge on any atom is 0.217 e. The van der Waals surface area contributed by atoms with Gasteiger partial charge in [-0.05, 0) is 11.1 Å². The van der Waals surface area contributed by atoms with E-state index in [-0.39, 0.29) is 0 Å². The summed E-state index contributed by atoms with van der Waals surface area (Å²) in [6, 6.07) is 15.8. The summed E-state index contributed by atoms with van der Waals surface area (Å²) >= 11 is 0. The van der Waals surface area contributed by atoms with Crippen molar-refractivity contribution in [1.82, 2.24) is 5.32 Å². The van der Waals surface area contributed by atoms with E-state index in [0.29, 0.717) is 17.4 Å². The van der Waals surface area contributed by atoms with Crippen LogP contribution in [0.4, 0.5) is 0 Å². The van der Waals surface area contributed by atoms with Crippen molar-refractivity contribution < 1.29 is 32.0 Å². The molecule has 6 atom stereocenters. The maximum atomic E-state index is 11.6. The number of nitrogens with one attached hydrogen (secondary N) is 1. The third kappa shape index (κ3) is 7.75. The van der Waals surface area contributed by atoms with Gasteiger partial charge in [-0.1, -0.05) is 60.7 Å². The van der Waals surface area contributed by atoms with Crippen molar-refractivity contribution in [3.63, 3.8) is 0 Å². The van der Waals surface area contributed by atoms with Crippen LogP contribution in [-0.4, -0.2) is 53.4 Å². The Hall–Kier alpha value is -2.58. The second-order valence-electron chi connectivity index (χ2n) is 6.41. The third-order valence-electron chi connectivity index (χ3n) is 4.05. The molecule has 156 valence electrons. The molecule has 0 aliphatic rings. The molecule has 2 aromatic rings. The molecule has 0 heterocycles. The van der Waals surface area contributed by atoms with Crippen LogP contribution in [0.3, 0.4) is 0 Å². The Morgan fingerprint density at radius 2 is 1.62 bits per heavy atom. The molecule has 0 spiro atoms. The van der Waals surface area contributed by atoms with Gasteiger partial charge in [0.15, 0.2) is 0 Å². The van der Waals surface area contributed by atoms with Crippen LogP contribution in [0.1, 0.15) is 20.8 Å². The zero-order valence-electron chi connectivity index (χ0n) is 18.0. The molecular weight excluding hydrogens is 374 g/mol. The van der Waals surface area contributed by atoms with Crippen LogP contribution >= 0.6 is 0 Å². The molecule has 29 heavy (non-hydrogen) atoms. The van der Waals surface area contributed by atoms with Gasteiger partial charge < -0.3 is 29.8 Å². The molecule has 0 radical (unpaired) electrons. The number of aliphatic hydroxyl groups excluding tert-OH is 2. The quantitative estimate of drug-likeness (QED) is 0.460. The SMILES string of the molecule is [2H]C(OC[C@@H](O)[C@@H](O)[C@H](OC([2H])c1ccccc1)[C@H](C=O)NC(C)=O)c1ccccc1. The molecule has 0 aromatic heterocycles. The Labute approximate surface area is 173 Å². The van der Waals surface area contributed by atoms with Crippen molar-refractivity contribution in [2.45, 2.75) is 44.4 Å². The van der Waals surface area contributed by atoms with Crippen LogP contribution in [0.5, 0.6) is 0 Å². The first-order chi connectivity index (χ1) is 14.8. The van der Waals surface area contributed by atoms with Crippen LogP contribution in [-0.2, 0) is 32.2 Å². The summed E-state index contributed by atoms with van der Waals surface area (Å²) in [7, 11) is 0. The number of hydrogen-bond donors (Lipinski definition) is 3. The number of carbonyl (C=O) groups excluding carboxylic acids is 2. The molecule has 0 saturated carbocycles. The van der Waals surface area contributed by atoms with E-state index < -0.39 is 50.0 Å². The smallest absolute Gasteiger partial charge is 0.217 e. The number of aldehydes is 1. The lowest BCUT2D eigenvalue weighted by Gasteiger charge is -2.31. The molecule has 7 heteroatoms. The lowest BCUT2D eigenvalue weighted by molar-refractivity contribution is -0.141. The summed E-state index contributed by atoms with van der Waals surface area (Å²) in [5, 5.41) is 23.4. The van der Waals surface area contributed by atoms with Gasteiger partial charge in [-0.3, -0.25) is 4.79 Å². The number of rotatable bonds is 12. The standard InChI is InChI=1S/C22H27NO6/c1-16(25)23-19(12-24)22(29-14-18-10-6-3-7-11-18)21(27)20(26)15-28-13-17-8-4-2-5-9-17/h2-12,19-22,26-27H,13-15H2,1H3,(H,23,25)/t19-,20+,21+,22+/m0/s1/i13D,14D/t13?,14?,19-,20+,21+,22+. The summed E-state index contributed by atoms with van der Waals surface area (Å²) in [6.07, 6.45) is -4.27. The second-order valence-corrected chi connectivity index (χ2v) is 6.41. The average Bonchev–Trinajstić information content (AvgIpc) is 2.79. The van der Waals surface area contributed by atoms with E-state index in [1.165, 1.54) is 6.92 Å². The van der Waals surface area contributed by atoms with Crippen molar-refractivity contribution >= 4 is 12.2 Å². The zero-order chi connectivity index (χ0) is 22.8. The van der Waals surface area contributed by atoms with E-state index in [9.17, 15) is 19.8 Å². The van der Waals surface area contributed by atoms with Gasteiger partial charge >= 0.3 is 0 Å². The van der Waals surface area contributed by atoms with Crippen LogP contribution in [0, 0.1) is 0 Å². The Balaban J connectivity index is 2.10. The normalized spacial score (nSPS) is 18.3. The van der Waals surface area contributed by atoms with Crippen molar-refractivity contribution in [2.75, 3.05) is 6.61 Å². The fourth-order valence-corrected chi connectivity index (χ4v) is 2.59. The molecule has 0 aliphatic heterocycles. The van der Waals surface area contributed by atoms with Gasteiger partial charge in [0.2, 0.25) is 5.91 Å². The first kappa shape index (κ1) is 19.7. The predicted molar refractivity (Wildman–Crippen MR) is 107 cm³/mol. The number of carbonyl (C=O) groups is 2. The Morgan fingerprint density at radius 3 is 2.14 bits per heavy atom. The lowest BCUT2D eigenvalue weighted by Crippen LogP contribution is -2.54. The van der Waals surface area contributed by atoms with E-state index in [4.69, 9.17) is 12.2 Å². The van der Waals surface area contributed by atoms with Gasteiger partial charge in [-0.15, -0.1) is 0 Å². The highest BCUT2D eigenvalue weighted by atomic mass is 16.5. The minimum Gasteiger partial charge on any atom is -0.388 e. The third-order valence-corrected chi connectivity index (χ3v) is 4.05. The van der Waals surface area contributed by atoms with E-state index in [0.717, 1.165) is 0 Å². The predicted octanol–water partition coefficient (Wildman–Crippen LogP) is 1.21. The number of ether oxygens (including phenoxy) is 2. The summed E-state index contributed by atoms with van der Waals surface area (Å²) in [5.41, 5.74) is 1.03. The monoisotopic (exact) mass is 403 g/mol. The molecule has 0 bridgehead atoms. The minimum atomic E-state index is -1.68. The Morgan fingerprint density at radius 1 is 1.07 bits per heavy atom. The highest BCUT2D eigenvalue weighted by Crippen LogP contribution is 2.13. The highest BCUT2D eigenvalue weighted by Gasteiger charge is 2.34. The van der Waals surface area contributed by atoms with Gasteiger partial charge in [-0.25, -0.2) is 0 Å². The van der Waals surface area contributed by atoms with E-state index in [1.54, 1.807) is 60.7 Å². The molecule has 0 saturated heterocycles. The topological polar surface area (TPSA) is 105 Å². The number of amides is 1. The molecular formula is C22H27NO6. The molecule has 3 N–H and O–H groups in total. The summed E-state index contributed by atoms with van der Waals surface area (Å²) < 4.78 is 27.1. The fraction of sp³-hybridized carbons (Fsp3) is 0.364. The summed E-state index contributed by atoms with van der Waals surface area (Å²) in [5.74, 6) is -0.541. The maximum absolute atomic E-state index is 11.6. The largest absolute Gasteiger partial charge is 0.388 e. The van der Waals surface area contributed by atoms with Gasteiger partial charge in [0.05, 0.1) is 22.5 Å². The Kier molecular flexibility index (Phi) is 8.22. The minimum absolute atomic E-state index is 0.373. The van der Waals surface area contributed by atoms with Crippen LogP contribution < -0.4 is 5.32 Å².